The normalized spacial score (nSPS) is 11.5. The van der Waals surface area contributed by atoms with E-state index in [4.69, 9.17) is 4.74 Å². The highest BCUT2D eigenvalue weighted by atomic mass is 16.5. The first kappa shape index (κ1) is 16.5. The van der Waals surface area contributed by atoms with Crippen molar-refractivity contribution in [1.29, 1.82) is 0 Å². The maximum Gasteiger partial charge on any atom is 0.326 e. The molecule has 0 heterocycles. The zero-order valence-electron chi connectivity index (χ0n) is 12.9. The zero-order valence-corrected chi connectivity index (χ0v) is 12.9. The quantitative estimate of drug-likeness (QED) is 0.820. The van der Waals surface area contributed by atoms with Crippen molar-refractivity contribution in [2.75, 3.05) is 7.11 Å². The SMILES string of the molecule is COc1ccc(CC(=O)N[C@@H](Cc2ccccc2)C(=O)O)cc1. The number of ether oxygens (including phenoxy) is 1. The number of rotatable bonds is 7. The van der Waals surface area contributed by atoms with E-state index in [1.807, 2.05) is 30.3 Å². The van der Waals surface area contributed by atoms with Gasteiger partial charge in [-0.05, 0) is 23.3 Å². The number of carbonyl (C=O) groups excluding carboxylic acids is 1. The Kier molecular flexibility index (Phi) is 5.74. The van der Waals surface area contributed by atoms with Gasteiger partial charge in [-0.1, -0.05) is 42.5 Å². The number of amides is 1. The maximum absolute atomic E-state index is 12.1. The second-order valence-corrected chi connectivity index (χ2v) is 5.17. The van der Waals surface area contributed by atoms with Gasteiger partial charge in [0.05, 0.1) is 13.5 Å². The lowest BCUT2D eigenvalue weighted by Crippen LogP contribution is -2.43. The van der Waals surface area contributed by atoms with E-state index < -0.39 is 12.0 Å². The van der Waals surface area contributed by atoms with Gasteiger partial charge in [0.2, 0.25) is 5.91 Å². The highest BCUT2D eigenvalue weighted by Gasteiger charge is 2.20. The van der Waals surface area contributed by atoms with E-state index in [9.17, 15) is 14.7 Å². The van der Waals surface area contributed by atoms with Crippen molar-refractivity contribution < 1.29 is 19.4 Å². The van der Waals surface area contributed by atoms with E-state index in [1.165, 1.54) is 0 Å². The number of carbonyl (C=O) groups is 2. The van der Waals surface area contributed by atoms with Gasteiger partial charge in [-0.15, -0.1) is 0 Å². The highest BCUT2D eigenvalue weighted by Crippen LogP contribution is 2.12. The fourth-order valence-electron chi connectivity index (χ4n) is 2.22. The van der Waals surface area contributed by atoms with Gasteiger partial charge >= 0.3 is 5.97 Å². The molecule has 2 N–H and O–H groups in total. The van der Waals surface area contributed by atoms with Gasteiger partial charge in [0.25, 0.3) is 0 Å². The summed E-state index contributed by atoms with van der Waals surface area (Å²) in [6.45, 7) is 0. The van der Waals surface area contributed by atoms with E-state index in [2.05, 4.69) is 5.32 Å². The number of hydrogen-bond acceptors (Lipinski definition) is 3. The summed E-state index contributed by atoms with van der Waals surface area (Å²) < 4.78 is 5.06. The largest absolute Gasteiger partial charge is 0.497 e. The molecule has 0 saturated carbocycles. The molecule has 120 valence electrons. The molecule has 0 radical (unpaired) electrons. The molecule has 0 unspecified atom stereocenters. The molecule has 2 aromatic carbocycles. The number of methoxy groups -OCH3 is 1. The Hall–Kier alpha value is -2.82. The predicted molar refractivity (Wildman–Crippen MR) is 86.4 cm³/mol. The van der Waals surface area contributed by atoms with Crippen LogP contribution in [0.3, 0.4) is 0 Å². The van der Waals surface area contributed by atoms with Crippen LogP contribution in [0.2, 0.25) is 0 Å². The average molecular weight is 313 g/mol. The Morgan fingerprint density at radius 2 is 1.70 bits per heavy atom. The van der Waals surface area contributed by atoms with Gasteiger partial charge in [0.15, 0.2) is 0 Å². The summed E-state index contributed by atoms with van der Waals surface area (Å²) in [6.07, 6.45) is 0.382. The number of hydrogen-bond donors (Lipinski definition) is 2. The second-order valence-electron chi connectivity index (χ2n) is 5.17. The molecule has 0 saturated heterocycles. The minimum Gasteiger partial charge on any atom is -0.497 e. The number of benzene rings is 2. The Morgan fingerprint density at radius 1 is 1.04 bits per heavy atom. The molecular weight excluding hydrogens is 294 g/mol. The van der Waals surface area contributed by atoms with Gasteiger partial charge in [-0.2, -0.15) is 0 Å². The lowest BCUT2D eigenvalue weighted by molar-refractivity contribution is -0.141. The molecule has 0 spiro atoms. The van der Waals surface area contributed by atoms with Gasteiger partial charge in [-0.25, -0.2) is 4.79 Å². The highest BCUT2D eigenvalue weighted by molar-refractivity contribution is 5.85. The molecule has 5 nitrogen and oxygen atoms in total. The van der Waals surface area contributed by atoms with E-state index in [1.54, 1.807) is 31.4 Å². The molecule has 0 aliphatic heterocycles. The molecule has 0 aliphatic carbocycles. The predicted octanol–water partition coefficient (Wildman–Crippen LogP) is 2.05. The van der Waals surface area contributed by atoms with E-state index in [-0.39, 0.29) is 18.7 Å². The average Bonchev–Trinajstić information content (AvgIpc) is 2.56. The third kappa shape index (κ3) is 5.14. The van der Waals surface area contributed by atoms with Crippen LogP contribution in [0.25, 0.3) is 0 Å². The van der Waals surface area contributed by atoms with Gasteiger partial charge in [-0.3, -0.25) is 4.79 Å². The van der Waals surface area contributed by atoms with Gasteiger partial charge < -0.3 is 15.2 Å². The first-order valence-corrected chi connectivity index (χ1v) is 7.27. The molecule has 0 bridgehead atoms. The van der Waals surface area contributed by atoms with Crippen molar-refractivity contribution in [2.45, 2.75) is 18.9 Å². The molecular formula is C18H19NO4. The van der Waals surface area contributed by atoms with E-state index >= 15 is 0 Å². The third-order valence-electron chi connectivity index (χ3n) is 3.44. The molecule has 23 heavy (non-hydrogen) atoms. The number of aliphatic carboxylic acids is 1. The Bertz CT molecular complexity index is 652. The maximum atomic E-state index is 12.1. The molecule has 2 rings (SSSR count). The van der Waals surface area contributed by atoms with Crippen molar-refractivity contribution in [2.24, 2.45) is 0 Å². The Morgan fingerprint density at radius 3 is 2.26 bits per heavy atom. The summed E-state index contributed by atoms with van der Waals surface area (Å²) in [5.41, 5.74) is 1.66. The van der Waals surface area contributed by atoms with E-state index in [0.717, 1.165) is 11.1 Å². The summed E-state index contributed by atoms with van der Waals surface area (Å²) >= 11 is 0. The van der Waals surface area contributed by atoms with Crippen molar-refractivity contribution in [3.63, 3.8) is 0 Å². The number of nitrogens with one attached hydrogen (secondary N) is 1. The smallest absolute Gasteiger partial charge is 0.326 e. The monoisotopic (exact) mass is 313 g/mol. The van der Waals surface area contributed by atoms with Crippen LogP contribution >= 0.6 is 0 Å². The zero-order chi connectivity index (χ0) is 16.7. The van der Waals surface area contributed by atoms with Crippen LogP contribution in [0.1, 0.15) is 11.1 Å². The fraction of sp³-hybridized carbons (Fsp3) is 0.222. The molecule has 2 aromatic rings. The molecule has 5 heteroatoms. The number of carboxylic acids is 1. The molecule has 1 atom stereocenters. The van der Waals surface area contributed by atoms with Crippen LogP contribution in [-0.4, -0.2) is 30.1 Å². The van der Waals surface area contributed by atoms with Crippen molar-refractivity contribution in [1.82, 2.24) is 5.32 Å². The van der Waals surface area contributed by atoms with Crippen LogP contribution in [-0.2, 0) is 22.4 Å². The summed E-state index contributed by atoms with van der Waals surface area (Å²) in [5.74, 6) is -0.655. The Balaban J connectivity index is 1.96. The second kappa shape index (κ2) is 7.98. The molecule has 0 fully saturated rings. The fourth-order valence-corrected chi connectivity index (χ4v) is 2.22. The van der Waals surface area contributed by atoms with Gasteiger partial charge in [0.1, 0.15) is 11.8 Å². The summed E-state index contributed by atoms with van der Waals surface area (Å²) in [5, 5.41) is 11.9. The number of carboxylic acid groups (broad SMARTS) is 1. The molecule has 0 aromatic heterocycles. The summed E-state index contributed by atoms with van der Waals surface area (Å²) in [6, 6.07) is 15.4. The standard InChI is InChI=1S/C18H19NO4/c1-23-15-9-7-14(8-10-15)12-17(20)19-16(18(21)22)11-13-5-3-2-4-6-13/h2-10,16H,11-12H2,1H3,(H,19,20)(H,21,22)/t16-/m0/s1. The summed E-state index contributed by atoms with van der Waals surface area (Å²) in [4.78, 5) is 23.4. The first-order chi connectivity index (χ1) is 11.1. The van der Waals surface area contributed by atoms with Crippen LogP contribution in [0.15, 0.2) is 54.6 Å². The minimum atomic E-state index is -1.04. The topological polar surface area (TPSA) is 75.6 Å². The lowest BCUT2D eigenvalue weighted by atomic mass is 10.1. The van der Waals surface area contributed by atoms with Crippen molar-refractivity contribution >= 4 is 11.9 Å². The van der Waals surface area contributed by atoms with Crippen molar-refractivity contribution in [3.8, 4) is 5.75 Å². The lowest BCUT2D eigenvalue weighted by Gasteiger charge is -2.14. The minimum absolute atomic E-state index is 0.128. The third-order valence-corrected chi connectivity index (χ3v) is 3.44. The van der Waals surface area contributed by atoms with Crippen LogP contribution in [0.5, 0.6) is 5.75 Å². The summed E-state index contributed by atoms with van der Waals surface area (Å²) in [7, 11) is 1.57. The van der Waals surface area contributed by atoms with Crippen molar-refractivity contribution in [3.05, 3.63) is 65.7 Å². The molecule has 1 amide bonds. The van der Waals surface area contributed by atoms with Crippen LogP contribution in [0.4, 0.5) is 0 Å². The van der Waals surface area contributed by atoms with E-state index in [0.29, 0.717) is 5.75 Å². The van der Waals surface area contributed by atoms with Gasteiger partial charge in [0, 0.05) is 6.42 Å². The van der Waals surface area contributed by atoms with Crippen LogP contribution in [0, 0.1) is 0 Å². The first-order valence-electron chi connectivity index (χ1n) is 7.27. The Labute approximate surface area is 134 Å². The molecule has 0 aliphatic rings. The van der Waals surface area contributed by atoms with Crippen LogP contribution < -0.4 is 10.1 Å².